The highest BCUT2D eigenvalue weighted by atomic mass is 19.1. The molecule has 0 unspecified atom stereocenters. The molecule has 0 spiro atoms. The molecule has 1 saturated heterocycles. The third-order valence-electron chi connectivity index (χ3n) is 4.16. The van der Waals surface area contributed by atoms with E-state index < -0.39 is 0 Å². The van der Waals surface area contributed by atoms with Crippen LogP contribution in [0.4, 0.5) is 4.39 Å². The molecule has 1 aliphatic rings. The summed E-state index contributed by atoms with van der Waals surface area (Å²) in [5.74, 6) is 0.196. The maximum absolute atomic E-state index is 13.1. The zero-order valence-electron chi connectivity index (χ0n) is 13.6. The summed E-state index contributed by atoms with van der Waals surface area (Å²) >= 11 is 0. The molecule has 122 valence electrons. The second kappa shape index (κ2) is 8.28. The summed E-state index contributed by atoms with van der Waals surface area (Å²) in [5.41, 5.74) is 0.833. The Balaban J connectivity index is 1.73. The molecule has 22 heavy (non-hydrogen) atoms. The zero-order valence-corrected chi connectivity index (χ0v) is 13.6. The van der Waals surface area contributed by atoms with Crippen molar-refractivity contribution in [2.45, 2.75) is 52.2 Å². The number of halogens is 1. The van der Waals surface area contributed by atoms with Crippen LogP contribution in [0.3, 0.4) is 0 Å². The van der Waals surface area contributed by atoms with Gasteiger partial charge in [-0.2, -0.15) is 0 Å². The van der Waals surface area contributed by atoms with Crippen molar-refractivity contribution < 1.29 is 13.9 Å². The van der Waals surface area contributed by atoms with Crippen molar-refractivity contribution in [1.82, 2.24) is 4.90 Å². The summed E-state index contributed by atoms with van der Waals surface area (Å²) in [5, 5.41) is 0. The maximum Gasteiger partial charge on any atom is 0.225 e. The van der Waals surface area contributed by atoms with Crippen LogP contribution in [0.25, 0.3) is 0 Å². The van der Waals surface area contributed by atoms with Crippen LogP contribution in [-0.4, -0.2) is 30.0 Å². The van der Waals surface area contributed by atoms with Gasteiger partial charge in [0.05, 0.1) is 12.7 Å². The van der Waals surface area contributed by atoms with E-state index in [2.05, 4.69) is 13.8 Å². The lowest BCUT2D eigenvalue weighted by Crippen LogP contribution is -2.56. The van der Waals surface area contributed by atoms with E-state index in [1.54, 1.807) is 6.07 Å². The SMILES string of the molecule is CCCC(CCC)C(=O)N1CC(OCc2cccc(F)c2)C1. The number of benzene rings is 1. The number of ether oxygens (including phenoxy) is 1. The monoisotopic (exact) mass is 307 g/mol. The second-order valence-electron chi connectivity index (χ2n) is 6.08. The number of nitrogens with zero attached hydrogens (tertiary/aromatic N) is 1. The van der Waals surface area contributed by atoms with Crippen LogP contribution in [0.15, 0.2) is 24.3 Å². The van der Waals surface area contributed by atoms with Crippen molar-refractivity contribution in [3.05, 3.63) is 35.6 Å². The third-order valence-corrected chi connectivity index (χ3v) is 4.16. The average Bonchev–Trinajstić information content (AvgIpc) is 2.45. The Kier molecular flexibility index (Phi) is 6.37. The molecule has 1 fully saturated rings. The van der Waals surface area contributed by atoms with E-state index >= 15 is 0 Å². The fourth-order valence-electron chi connectivity index (χ4n) is 2.91. The van der Waals surface area contributed by atoms with Gasteiger partial charge in [-0.3, -0.25) is 4.79 Å². The van der Waals surface area contributed by atoms with E-state index in [9.17, 15) is 9.18 Å². The highest BCUT2D eigenvalue weighted by Crippen LogP contribution is 2.22. The van der Waals surface area contributed by atoms with Crippen LogP contribution >= 0.6 is 0 Å². The van der Waals surface area contributed by atoms with Crippen LogP contribution in [0, 0.1) is 11.7 Å². The Morgan fingerprint density at radius 2 is 2.00 bits per heavy atom. The molecule has 1 aromatic carbocycles. The van der Waals surface area contributed by atoms with Gasteiger partial charge >= 0.3 is 0 Å². The molecular weight excluding hydrogens is 281 g/mol. The molecule has 0 aliphatic carbocycles. The number of rotatable bonds is 8. The van der Waals surface area contributed by atoms with E-state index in [1.165, 1.54) is 12.1 Å². The number of hydrogen-bond donors (Lipinski definition) is 0. The number of amides is 1. The minimum absolute atomic E-state index is 0.0797. The van der Waals surface area contributed by atoms with Gasteiger partial charge < -0.3 is 9.64 Å². The Bertz CT molecular complexity index is 480. The molecule has 1 aromatic rings. The van der Waals surface area contributed by atoms with E-state index in [1.807, 2.05) is 11.0 Å². The summed E-state index contributed by atoms with van der Waals surface area (Å²) in [6.45, 7) is 5.97. The van der Waals surface area contributed by atoms with Gasteiger partial charge in [0.1, 0.15) is 5.82 Å². The molecule has 1 heterocycles. The molecule has 1 aliphatic heterocycles. The number of likely N-dealkylation sites (tertiary alicyclic amines) is 1. The number of carbonyl (C=O) groups is 1. The van der Waals surface area contributed by atoms with Gasteiger partial charge in [0.15, 0.2) is 0 Å². The summed E-state index contributed by atoms with van der Waals surface area (Å²) in [6.07, 6.45) is 4.11. The van der Waals surface area contributed by atoms with Crippen LogP contribution in [0.5, 0.6) is 0 Å². The lowest BCUT2D eigenvalue weighted by Gasteiger charge is -2.40. The van der Waals surface area contributed by atoms with Crippen molar-refractivity contribution in [2.24, 2.45) is 5.92 Å². The summed E-state index contributed by atoms with van der Waals surface area (Å²) in [6, 6.07) is 6.45. The Morgan fingerprint density at radius 1 is 1.32 bits per heavy atom. The summed E-state index contributed by atoms with van der Waals surface area (Å²) in [7, 11) is 0. The minimum atomic E-state index is -0.242. The molecule has 0 bridgehead atoms. The van der Waals surface area contributed by atoms with Crippen molar-refractivity contribution in [2.75, 3.05) is 13.1 Å². The fourth-order valence-corrected chi connectivity index (χ4v) is 2.91. The predicted octanol–water partition coefficient (Wildman–Crippen LogP) is 3.77. The highest BCUT2D eigenvalue weighted by Gasteiger charge is 2.34. The van der Waals surface area contributed by atoms with E-state index in [4.69, 9.17) is 4.74 Å². The summed E-state index contributed by atoms with van der Waals surface area (Å²) < 4.78 is 18.8. The van der Waals surface area contributed by atoms with Gasteiger partial charge in [-0.25, -0.2) is 4.39 Å². The minimum Gasteiger partial charge on any atom is -0.370 e. The van der Waals surface area contributed by atoms with Gasteiger partial charge in [-0.15, -0.1) is 0 Å². The van der Waals surface area contributed by atoms with E-state index in [0.29, 0.717) is 19.7 Å². The molecule has 4 heteroatoms. The molecule has 1 amide bonds. The molecule has 3 nitrogen and oxygen atoms in total. The van der Waals surface area contributed by atoms with Gasteiger partial charge in [-0.05, 0) is 30.5 Å². The predicted molar refractivity (Wildman–Crippen MR) is 84.9 cm³/mol. The van der Waals surface area contributed by atoms with Crippen molar-refractivity contribution >= 4 is 5.91 Å². The first-order valence-corrected chi connectivity index (χ1v) is 8.28. The third kappa shape index (κ3) is 4.54. The van der Waals surface area contributed by atoms with Gasteiger partial charge in [0.25, 0.3) is 0 Å². The highest BCUT2D eigenvalue weighted by molar-refractivity contribution is 5.79. The maximum atomic E-state index is 13.1. The first-order valence-electron chi connectivity index (χ1n) is 8.28. The topological polar surface area (TPSA) is 29.5 Å². The molecular formula is C18H26FNO2. The van der Waals surface area contributed by atoms with Crippen LogP contribution < -0.4 is 0 Å². The number of carbonyl (C=O) groups excluding carboxylic acids is 1. The largest absolute Gasteiger partial charge is 0.370 e. The standard InChI is InChI=1S/C18H26FNO2/c1-3-6-15(7-4-2)18(21)20-11-17(12-20)22-13-14-8-5-9-16(19)10-14/h5,8-10,15,17H,3-4,6-7,11-13H2,1-2H3. The van der Waals surface area contributed by atoms with E-state index in [0.717, 1.165) is 31.2 Å². The average molecular weight is 307 g/mol. The van der Waals surface area contributed by atoms with Gasteiger partial charge in [-0.1, -0.05) is 38.8 Å². The molecule has 0 saturated carbocycles. The first-order chi connectivity index (χ1) is 10.6. The van der Waals surface area contributed by atoms with Crippen molar-refractivity contribution in [1.29, 1.82) is 0 Å². The van der Waals surface area contributed by atoms with Crippen LogP contribution in [0.2, 0.25) is 0 Å². The van der Waals surface area contributed by atoms with Crippen molar-refractivity contribution in [3.8, 4) is 0 Å². The fraction of sp³-hybridized carbons (Fsp3) is 0.611. The van der Waals surface area contributed by atoms with Crippen LogP contribution in [0.1, 0.15) is 45.1 Å². The molecule has 0 atom stereocenters. The lowest BCUT2D eigenvalue weighted by atomic mass is 9.95. The number of hydrogen-bond acceptors (Lipinski definition) is 2. The van der Waals surface area contributed by atoms with E-state index in [-0.39, 0.29) is 23.7 Å². The summed E-state index contributed by atoms with van der Waals surface area (Å²) in [4.78, 5) is 14.3. The molecule has 0 N–H and O–H groups in total. The molecule has 0 radical (unpaired) electrons. The molecule has 2 rings (SSSR count). The Morgan fingerprint density at radius 3 is 2.59 bits per heavy atom. The van der Waals surface area contributed by atoms with Crippen LogP contribution in [-0.2, 0) is 16.1 Å². The smallest absolute Gasteiger partial charge is 0.225 e. The lowest BCUT2D eigenvalue weighted by molar-refractivity contribution is -0.150. The first kappa shape index (κ1) is 16.9. The quantitative estimate of drug-likeness (QED) is 0.731. The molecule has 0 aromatic heterocycles. The normalized spacial score (nSPS) is 15.2. The zero-order chi connectivity index (χ0) is 15.9. The van der Waals surface area contributed by atoms with Gasteiger partial charge in [0.2, 0.25) is 5.91 Å². The Labute approximate surface area is 132 Å². The van der Waals surface area contributed by atoms with Crippen molar-refractivity contribution in [3.63, 3.8) is 0 Å². The Hall–Kier alpha value is -1.42. The second-order valence-corrected chi connectivity index (χ2v) is 6.08. The van der Waals surface area contributed by atoms with Gasteiger partial charge in [0, 0.05) is 19.0 Å².